The molecule has 0 unspecified atom stereocenters. The third-order valence-corrected chi connectivity index (χ3v) is 2.00. The molecular weight excluding hydrogens is 210 g/mol. The van der Waals surface area contributed by atoms with E-state index < -0.39 is 5.97 Å². The molecule has 0 aliphatic carbocycles. The summed E-state index contributed by atoms with van der Waals surface area (Å²) in [5, 5.41) is 15.3. The topological polar surface area (TPSA) is 83.3 Å². The van der Waals surface area contributed by atoms with Gasteiger partial charge < -0.3 is 9.94 Å². The van der Waals surface area contributed by atoms with Gasteiger partial charge in [-0.15, -0.1) is 0 Å². The van der Waals surface area contributed by atoms with E-state index in [1.54, 1.807) is 0 Å². The van der Waals surface area contributed by atoms with E-state index in [1.165, 1.54) is 0 Å². The Hall–Kier alpha value is -2.37. The summed E-state index contributed by atoms with van der Waals surface area (Å²) in [5.74, 6) is -0.670. The third-order valence-electron chi connectivity index (χ3n) is 2.00. The van der Waals surface area contributed by atoms with E-state index >= 15 is 0 Å². The normalized spacial score (nSPS) is 20.1. The van der Waals surface area contributed by atoms with Gasteiger partial charge in [-0.2, -0.15) is 5.10 Å². The largest absolute Gasteiger partial charge is 0.454 e. The van der Waals surface area contributed by atoms with Gasteiger partial charge in [-0.25, -0.2) is 4.79 Å². The van der Waals surface area contributed by atoms with Crippen LogP contribution in [-0.2, 0) is 9.53 Å². The van der Waals surface area contributed by atoms with E-state index in [0.29, 0.717) is 0 Å². The summed E-state index contributed by atoms with van der Waals surface area (Å²) in [6.07, 6.45) is 0. The lowest BCUT2D eigenvalue weighted by atomic mass is 10.3. The van der Waals surface area contributed by atoms with Crippen molar-refractivity contribution in [1.29, 1.82) is 0 Å². The second-order valence-corrected chi connectivity index (χ2v) is 3.06. The first-order valence-electron chi connectivity index (χ1n) is 4.58. The molecule has 2 rings (SSSR count). The number of nitrogens with zero attached hydrogens (tertiary/aromatic N) is 2. The van der Waals surface area contributed by atoms with Crippen LogP contribution in [0.15, 0.2) is 40.6 Å². The van der Waals surface area contributed by atoms with E-state index in [1.807, 2.05) is 30.3 Å². The predicted molar refractivity (Wildman–Crippen MR) is 57.7 cm³/mol. The van der Waals surface area contributed by atoms with E-state index in [2.05, 4.69) is 20.4 Å². The number of carbonyl (C=O) groups is 1. The van der Waals surface area contributed by atoms with Gasteiger partial charge in [0.25, 0.3) is 0 Å². The zero-order valence-electron chi connectivity index (χ0n) is 8.25. The monoisotopic (exact) mass is 219 g/mol. The Morgan fingerprint density at radius 3 is 2.75 bits per heavy atom. The third kappa shape index (κ3) is 2.00. The van der Waals surface area contributed by atoms with Crippen LogP contribution in [0.1, 0.15) is 0 Å². The molecule has 1 aromatic rings. The maximum Gasteiger partial charge on any atom is 0.362 e. The highest BCUT2D eigenvalue weighted by Gasteiger charge is 2.29. The maximum absolute atomic E-state index is 11.0. The molecule has 82 valence electrons. The van der Waals surface area contributed by atoms with Crippen molar-refractivity contribution in [2.75, 3.05) is 12.0 Å². The molecule has 0 bridgehead atoms. The molecule has 1 aliphatic heterocycles. The smallest absolute Gasteiger partial charge is 0.362 e. The van der Waals surface area contributed by atoms with E-state index in [-0.39, 0.29) is 18.0 Å². The Bertz CT molecular complexity index is 454. The molecule has 6 heteroatoms. The number of hydrogen-bond acceptors (Lipinski definition) is 6. The lowest BCUT2D eigenvalue weighted by molar-refractivity contribution is -0.132. The van der Waals surface area contributed by atoms with E-state index in [0.717, 1.165) is 5.69 Å². The number of cyclic esters (lactones) is 1. The lowest BCUT2D eigenvalue weighted by Crippen LogP contribution is -2.16. The summed E-state index contributed by atoms with van der Waals surface area (Å²) >= 11 is 0. The van der Waals surface area contributed by atoms with Crippen molar-refractivity contribution in [2.24, 2.45) is 10.3 Å². The second-order valence-electron chi connectivity index (χ2n) is 3.06. The molecule has 0 aromatic heterocycles. The zero-order chi connectivity index (χ0) is 11.4. The molecule has 6 nitrogen and oxygen atoms in total. The first kappa shape index (κ1) is 10.2. The van der Waals surface area contributed by atoms with Gasteiger partial charge in [0.1, 0.15) is 12.3 Å². The Labute approximate surface area is 91.2 Å². The Morgan fingerprint density at radius 1 is 1.31 bits per heavy atom. The second kappa shape index (κ2) is 4.43. The number of oxime groups is 1. The lowest BCUT2D eigenvalue weighted by Gasteiger charge is -1.99. The number of benzene rings is 1. The summed E-state index contributed by atoms with van der Waals surface area (Å²) in [6, 6.07) is 9.20. The molecule has 2 N–H and O–H groups in total. The minimum Gasteiger partial charge on any atom is -0.454 e. The molecule has 0 atom stereocenters. The molecule has 1 aromatic carbocycles. The van der Waals surface area contributed by atoms with Gasteiger partial charge in [0, 0.05) is 0 Å². The number of anilines is 1. The molecule has 1 saturated heterocycles. The SMILES string of the molecule is O=C1OCC(=N\Nc2ccccc2)/C1=N\O. The van der Waals surface area contributed by atoms with Crippen LogP contribution in [0.3, 0.4) is 0 Å². The summed E-state index contributed by atoms with van der Waals surface area (Å²) in [7, 11) is 0. The van der Waals surface area contributed by atoms with Crippen molar-refractivity contribution in [3.05, 3.63) is 30.3 Å². The summed E-state index contributed by atoms with van der Waals surface area (Å²) in [4.78, 5) is 11.0. The minimum absolute atomic E-state index is 0.0120. The number of rotatable bonds is 2. The van der Waals surface area contributed by atoms with Gasteiger partial charge in [-0.05, 0) is 12.1 Å². The number of carbonyl (C=O) groups excluding carboxylic acids is 1. The van der Waals surface area contributed by atoms with Gasteiger partial charge in [-0.3, -0.25) is 5.43 Å². The van der Waals surface area contributed by atoms with Gasteiger partial charge in [0.15, 0.2) is 0 Å². The molecule has 1 heterocycles. The average molecular weight is 219 g/mol. The van der Waals surface area contributed by atoms with Crippen LogP contribution in [0.2, 0.25) is 0 Å². The first-order valence-corrected chi connectivity index (χ1v) is 4.58. The maximum atomic E-state index is 11.0. The van der Waals surface area contributed by atoms with Crippen molar-refractivity contribution in [3.8, 4) is 0 Å². The van der Waals surface area contributed by atoms with E-state index in [9.17, 15) is 4.79 Å². The number of esters is 1. The van der Waals surface area contributed by atoms with Crippen LogP contribution < -0.4 is 5.43 Å². The Kier molecular flexibility index (Phi) is 2.81. The molecule has 1 aliphatic rings. The first-order chi connectivity index (χ1) is 7.81. The van der Waals surface area contributed by atoms with Gasteiger partial charge in [0.05, 0.1) is 5.69 Å². The Morgan fingerprint density at radius 2 is 2.06 bits per heavy atom. The fourth-order valence-corrected chi connectivity index (χ4v) is 1.22. The summed E-state index contributed by atoms with van der Waals surface area (Å²) < 4.78 is 4.66. The molecule has 0 amide bonds. The number of ether oxygens (including phenoxy) is 1. The molecule has 0 spiro atoms. The van der Waals surface area contributed by atoms with Crippen molar-refractivity contribution in [3.63, 3.8) is 0 Å². The van der Waals surface area contributed by atoms with Crippen LogP contribution in [-0.4, -0.2) is 29.2 Å². The fourth-order valence-electron chi connectivity index (χ4n) is 1.22. The molecule has 0 saturated carbocycles. The Balaban J connectivity index is 2.12. The van der Waals surface area contributed by atoms with Crippen molar-refractivity contribution in [2.45, 2.75) is 0 Å². The molecule has 1 fully saturated rings. The highest BCUT2D eigenvalue weighted by atomic mass is 16.5. The van der Waals surface area contributed by atoms with Crippen LogP contribution in [0, 0.1) is 0 Å². The number of nitrogens with one attached hydrogen (secondary N) is 1. The van der Waals surface area contributed by atoms with Gasteiger partial charge in [-0.1, -0.05) is 23.4 Å². The zero-order valence-corrected chi connectivity index (χ0v) is 8.25. The van der Waals surface area contributed by atoms with Gasteiger partial charge >= 0.3 is 5.97 Å². The quantitative estimate of drug-likeness (QED) is 0.438. The van der Waals surface area contributed by atoms with Gasteiger partial charge in [0.2, 0.25) is 5.71 Å². The van der Waals surface area contributed by atoms with Crippen LogP contribution in [0.25, 0.3) is 0 Å². The van der Waals surface area contributed by atoms with Crippen molar-refractivity contribution >= 4 is 23.1 Å². The molecule has 16 heavy (non-hydrogen) atoms. The molecular formula is C10H9N3O3. The van der Waals surface area contributed by atoms with Crippen LogP contribution in [0.5, 0.6) is 0 Å². The van der Waals surface area contributed by atoms with Crippen molar-refractivity contribution < 1.29 is 14.7 Å². The highest BCUT2D eigenvalue weighted by molar-refractivity contribution is 6.68. The highest BCUT2D eigenvalue weighted by Crippen LogP contribution is 2.06. The summed E-state index contributed by atoms with van der Waals surface area (Å²) in [6.45, 7) is 0.0120. The van der Waals surface area contributed by atoms with E-state index in [4.69, 9.17) is 5.21 Å². The number of para-hydroxylation sites is 1. The number of hydrogen-bond donors (Lipinski definition) is 2. The fraction of sp³-hybridized carbons (Fsp3) is 0.100. The standard InChI is InChI=1S/C10H9N3O3/c14-10-9(13-15)8(6-16-10)12-11-7-4-2-1-3-5-7/h1-5,11,15H,6H2/b12-8+,13-9+. The average Bonchev–Trinajstić information content (AvgIpc) is 2.68. The minimum atomic E-state index is -0.670. The predicted octanol–water partition coefficient (Wildman–Crippen LogP) is 0.841. The van der Waals surface area contributed by atoms with Crippen LogP contribution >= 0.6 is 0 Å². The van der Waals surface area contributed by atoms with Crippen LogP contribution in [0.4, 0.5) is 5.69 Å². The molecule has 0 radical (unpaired) electrons. The van der Waals surface area contributed by atoms with Crippen molar-refractivity contribution in [1.82, 2.24) is 0 Å². The number of hydrazone groups is 1. The summed E-state index contributed by atoms with van der Waals surface area (Å²) in [5.41, 5.74) is 3.62.